The molecule has 29 heavy (non-hydrogen) atoms. The van der Waals surface area contributed by atoms with Gasteiger partial charge >= 0.3 is 5.97 Å². The summed E-state index contributed by atoms with van der Waals surface area (Å²) in [5.74, 6) is 0.697. The zero-order valence-electron chi connectivity index (χ0n) is 15.9. The van der Waals surface area contributed by atoms with Gasteiger partial charge in [0.1, 0.15) is 15.3 Å². The average molecular weight is 439 g/mol. The first-order valence-corrected chi connectivity index (χ1v) is 11.6. The van der Waals surface area contributed by atoms with Crippen molar-refractivity contribution in [2.75, 3.05) is 7.11 Å². The molecule has 3 nitrogen and oxygen atoms in total. The molecule has 0 radical (unpaired) electrons. The van der Waals surface area contributed by atoms with Crippen LogP contribution in [-0.4, -0.2) is 13.1 Å². The number of esters is 1. The van der Waals surface area contributed by atoms with Crippen LogP contribution in [0.5, 0.6) is 11.5 Å². The van der Waals surface area contributed by atoms with Crippen LogP contribution < -0.4 is 9.47 Å². The van der Waals surface area contributed by atoms with E-state index < -0.39 is 0 Å². The Morgan fingerprint density at radius 1 is 0.897 bits per heavy atom. The monoisotopic (exact) mass is 438 g/mol. The maximum absolute atomic E-state index is 12.7. The molecule has 0 N–H and O–H groups in total. The van der Waals surface area contributed by atoms with Gasteiger partial charge in [0.25, 0.3) is 0 Å². The van der Waals surface area contributed by atoms with E-state index >= 15 is 0 Å². The summed E-state index contributed by atoms with van der Waals surface area (Å²) in [6.07, 6.45) is 0. The van der Waals surface area contributed by atoms with E-state index in [-0.39, 0.29) is 11.9 Å². The van der Waals surface area contributed by atoms with Crippen molar-refractivity contribution in [3.8, 4) is 21.9 Å². The van der Waals surface area contributed by atoms with Crippen molar-refractivity contribution in [2.45, 2.75) is 12.8 Å². The van der Waals surface area contributed by atoms with Gasteiger partial charge in [-0.05, 0) is 71.3 Å². The zero-order chi connectivity index (χ0) is 20.4. The van der Waals surface area contributed by atoms with Gasteiger partial charge in [-0.3, -0.25) is 4.79 Å². The van der Waals surface area contributed by atoms with E-state index in [2.05, 4.69) is 0 Å². The van der Waals surface area contributed by atoms with Crippen LogP contribution in [-0.2, 0) is 4.79 Å². The van der Waals surface area contributed by atoms with Crippen molar-refractivity contribution in [1.29, 1.82) is 0 Å². The molecule has 1 aromatic heterocycles. The zero-order valence-corrected chi connectivity index (χ0v) is 18.3. The van der Waals surface area contributed by atoms with Gasteiger partial charge in [0.05, 0.1) is 13.0 Å². The molecule has 1 atom stereocenters. The molecule has 1 heterocycles. The van der Waals surface area contributed by atoms with Crippen molar-refractivity contribution in [3.05, 3.63) is 76.1 Å². The maximum Gasteiger partial charge on any atom is 0.318 e. The van der Waals surface area contributed by atoms with Gasteiger partial charge in [-0.25, -0.2) is 0 Å². The van der Waals surface area contributed by atoms with Gasteiger partial charge in [-0.2, -0.15) is 0 Å². The van der Waals surface area contributed by atoms with Crippen LogP contribution in [0.25, 0.3) is 21.2 Å². The summed E-state index contributed by atoms with van der Waals surface area (Å²) in [7, 11) is 4.88. The van der Waals surface area contributed by atoms with Crippen LogP contribution in [0.4, 0.5) is 0 Å². The van der Waals surface area contributed by atoms with Gasteiger partial charge < -0.3 is 9.47 Å². The smallest absolute Gasteiger partial charge is 0.318 e. The third-order valence-electron chi connectivity index (χ3n) is 4.74. The highest BCUT2D eigenvalue weighted by Gasteiger charge is 2.18. The second-order valence-electron chi connectivity index (χ2n) is 6.63. The van der Waals surface area contributed by atoms with Crippen LogP contribution in [0.2, 0.25) is 0 Å². The van der Waals surface area contributed by atoms with E-state index in [9.17, 15) is 4.79 Å². The van der Waals surface area contributed by atoms with Crippen LogP contribution >= 0.6 is 32.9 Å². The second-order valence-corrected chi connectivity index (χ2v) is 9.55. The van der Waals surface area contributed by atoms with Gasteiger partial charge in [0.15, 0.2) is 0 Å². The van der Waals surface area contributed by atoms with Crippen LogP contribution in [0.1, 0.15) is 18.4 Å². The number of hydrogen-bond acceptors (Lipinski definition) is 6. The Morgan fingerprint density at radius 2 is 1.59 bits per heavy atom. The van der Waals surface area contributed by atoms with E-state index in [1.807, 2.05) is 73.7 Å². The second kappa shape index (κ2) is 8.45. The number of rotatable bonds is 5. The highest BCUT2D eigenvalue weighted by Crippen LogP contribution is 2.31. The minimum atomic E-state index is -0.372. The Bertz CT molecular complexity index is 1220. The van der Waals surface area contributed by atoms with E-state index in [4.69, 9.17) is 21.7 Å². The third-order valence-corrected chi connectivity index (χ3v) is 7.66. The number of methoxy groups -OCH3 is 1. The Hall–Kier alpha value is -2.54. The molecular weight excluding hydrogens is 420 g/mol. The quantitative estimate of drug-likeness (QED) is 0.144. The van der Waals surface area contributed by atoms with E-state index in [1.54, 1.807) is 27.8 Å². The molecule has 0 amide bonds. The number of carbonyl (C=O) groups is 1. The first kappa shape index (κ1) is 19.8. The minimum Gasteiger partial charge on any atom is -0.497 e. The maximum atomic E-state index is 12.7. The summed E-state index contributed by atoms with van der Waals surface area (Å²) in [4.78, 5) is 13.8. The fourth-order valence-corrected chi connectivity index (χ4v) is 5.44. The molecule has 1 unspecified atom stereocenters. The molecule has 0 saturated carbocycles. The molecular formula is C23H18O3S3. The molecule has 4 rings (SSSR count). The number of ether oxygens (including phenoxy) is 2. The fourth-order valence-electron chi connectivity index (χ4n) is 3.04. The Morgan fingerprint density at radius 3 is 2.28 bits per heavy atom. The normalized spacial score (nSPS) is 11.9. The van der Waals surface area contributed by atoms with E-state index in [0.717, 1.165) is 36.3 Å². The average Bonchev–Trinajstić information content (AvgIpc) is 3.19. The SMILES string of the molecule is COc1ccc2cc(C(C)C(=O)Oc3ccc(-c4cc(=S)ss4)cc3)ccc2c1. The van der Waals surface area contributed by atoms with Gasteiger partial charge in [-0.1, -0.05) is 57.2 Å². The Balaban J connectivity index is 1.49. The molecule has 0 bridgehead atoms. The topological polar surface area (TPSA) is 35.5 Å². The molecule has 0 spiro atoms. The summed E-state index contributed by atoms with van der Waals surface area (Å²) < 4.78 is 11.7. The molecule has 0 aliphatic rings. The van der Waals surface area contributed by atoms with E-state index in [0.29, 0.717) is 5.75 Å². The molecule has 3 aromatic carbocycles. The lowest BCUT2D eigenvalue weighted by Crippen LogP contribution is -2.16. The number of hydrogen-bond donors (Lipinski definition) is 0. The largest absolute Gasteiger partial charge is 0.497 e. The van der Waals surface area contributed by atoms with Crippen molar-refractivity contribution in [1.82, 2.24) is 0 Å². The molecule has 0 aliphatic carbocycles. The van der Waals surface area contributed by atoms with Crippen LogP contribution in [0.3, 0.4) is 0 Å². The van der Waals surface area contributed by atoms with Crippen molar-refractivity contribution in [3.63, 3.8) is 0 Å². The molecule has 0 aliphatic heterocycles. The molecule has 0 fully saturated rings. The number of fused-ring (bicyclic) bond motifs is 1. The number of carbonyl (C=O) groups excluding carboxylic acids is 1. The lowest BCUT2D eigenvalue weighted by molar-refractivity contribution is -0.135. The van der Waals surface area contributed by atoms with Crippen molar-refractivity contribution < 1.29 is 14.3 Å². The van der Waals surface area contributed by atoms with Crippen molar-refractivity contribution >= 4 is 49.6 Å². The standard InChI is InChI=1S/C23H18O3S3/c1-14(16-3-4-18-12-20(25-2)10-7-17(18)11-16)23(24)26-19-8-5-15(6-9-19)21-13-22(27)29-28-21/h3-14H,1-2H3. The van der Waals surface area contributed by atoms with E-state index in [1.165, 1.54) is 0 Å². The summed E-state index contributed by atoms with van der Waals surface area (Å²) >= 11 is 5.19. The highest BCUT2D eigenvalue weighted by atomic mass is 32.9. The number of benzene rings is 3. The molecule has 4 aromatic rings. The predicted molar refractivity (Wildman–Crippen MR) is 123 cm³/mol. The summed E-state index contributed by atoms with van der Waals surface area (Å²) in [5.41, 5.74) is 1.99. The summed E-state index contributed by atoms with van der Waals surface area (Å²) in [6.45, 7) is 1.86. The first-order valence-electron chi connectivity index (χ1n) is 9.03. The first-order chi connectivity index (χ1) is 14.0. The molecule has 0 saturated heterocycles. The minimum absolute atomic E-state index is 0.281. The lowest BCUT2D eigenvalue weighted by atomic mass is 9.98. The van der Waals surface area contributed by atoms with Crippen LogP contribution in [0.15, 0.2) is 66.7 Å². The van der Waals surface area contributed by atoms with Gasteiger partial charge in [0, 0.05) is 4.88 Å². The highest BCUT2D eigenvalue weighted by molar-refractivity contribution is 7.80. The summed E-state index contributed by atoms with van der Waals surface area (Å²) in [5, 5.41) is 2.13. The van der Waals surface area contributed by atoms with Crippen molar-refractivity contribution in [2.24, 2.45) is 0 Å². The fraction of sp³-hybridized carbons (Fsp3) is 0.130. The summed E-state index contributed by atoms with van der Waals surface area (Å²) in [6, 6.07) is 21.4. The predicted octanol–water partition coefficient (Wildman–Crippen LogP) is 7.08. The molecule has 6 heteroatoms. The molecule has 146 valence electrons. The van der Waals surface area contributed by atoms with Gasteiger partial charge in [-0.15, -0.1) is 0 Å². The Labute approximate surface area is 181 Å². The lowest BCUT2D eigenvalue weighted by Gasteiger charge is -2.13. The van der Waals surface area contributed by atoms with Crippen LogP contribution in [0, 0.1) is 3.82 Å². The Kier molecular flexibility index (Phi) is 5.76. The van der Waals surface area contributed by atoms with Gasteiger partial charge in [0.2, 0.25) is 0 Å². The third kappa shape index (κ3) is 4.40.